The summed E-state index contributed by atoms with van der Waals surface area (Å²) in [6.45, 7) is 8.96. The third-order valence-corrected chi connectivity index (χ3v) is 5.63. The number of amides is 2. The van der Waals surface area contributed by atoms with E-state index >= 15 is 0 Å². The molecule has 0 saturated carbocycles. The lowest BCUT2D eigenvalue weighted by molar-refractivity contribution is 0.208. The summed E-state index contributed by atoms with van der Waals surface area (Å²) in [6.07, 6.45) is 1.65. The second kappa shape index (κ2) is 8.65. The lowest BCUT2D eigenvalue weighted by Gasteiger charge is -2.36. The van der Waals surface area contributed by atoms with E-state index in [9.17, 15) is 4.79 Å². The number of rotatable bonds is 3. The number of carbonyl (C=O) groups excluding carboxylic acids is 1. The van der Waals surface area contributed by atoms with Crippen LogP contribution in [0.2, 0.25) is 0 Å². The molecule has 0 bridgehead atoms. The summed E-state index contributed by atoms with van der Waals surface area (Å²) in [5.41, 5.74) is 1.97. The van der Waals surface area contributed by atoms with Gasteiger partial charge in [-0.2, -0.15) is 0 Å². The number of nitrogens with one attached hydrogen (secondary N) is 1. The van der Waals surface area contributed by atoms with Gasteiger partial charge in [-0.3, -0.25) is 0 Å². The van der Waals surface area contributed by atoms with Gasteiger partial charge in [0.25, 0.3) is 0 Å². The first-order valence-corrected chi connectivity index (χ1v) is 10.2. The second-order valence-corrected chi connectivity index (χ2v) is 7.80. The summed E-state index contributed by atoms with van der Waals surface area (Å²) >= 11 is 0. The highest BCUT2D eigenvalue weighted by Gasteiger charge is 2.23. The summed E-state index contributed by atoms with van der Waals surface area (Å²) in [7, 11) is 2.15. The van der Waals surface area contributed by atoms with Crippen molar-refractivity contribution in [1.29, 1.82) is 0 Å². The highest BCUT2D eigenvalue weighted by Crippen LogP contribution is 2.20. The van der Waals surface area contributed by atoms with E-state index < -0.39 is 0 Å². The van der Waals surface area contributed by atoms with Gasteiger partial charge < -0.3 is 24.9 Å². The Hall–Kier alpha value is -2.87. The zero-order valence-corrected chi connectivity index (χ0v) is 17.2. The number of piperazine rings is 2. The molecular formula is C21H29N7O. The maximum Gasteiger partial charge on any atom is 0.321 e. The summed E-state index contributed by atoms with van der Waals surface area (Å²) in [5.74, 6) is 1.93. The molecule has 154 valence electrons. The van der Waals surface area contributed by atoms with Gasteiger partial charge in [-0.25, -0.2) is 14.8 Å². The second-order valence-electron chi connectivity index (χ2n) is 7.80. The number of aromatic nitrogens is 2. The Morgan fingerprint density at radius 1 is 0.897 bits per heavy atom. The fourth-order valence-electron chi connectivity index (χ4n) is 3.78. The van der Waals surface area contributed by atoms with E-state index in [1.165, 1.54) is 0 Å². The average molecular weight is 396 g/mol. The van der Waals surface area contributed by atoms with Crippen molar-refractivity contribution in [3.8, 4) is 0 Å². The van der Waals surface area contributed by atoms with Gasteiger partial charge in [-0.1, -0.05) is 12.1 Å². The highest BCUT2D eigenvalue weighted by atomic mass is 16.2. The standard InChI is InChI=1S/C21H29N7O/c1-17-4-3-5-18(14-17)24-21(29)28-12-10-27(11-13-28)20-15-19(22-16-23-20)26-8-6-25(2)7-9-26/h3-5,14-16H,6-13H2,1-2H3,(H,24,29). The van der Waals surface area contributed by atoms with Gasteiger partial charge in [0.1, 0.15) is 18.0 Å². The normalized spacial score (nSPS) is 18.1. The van der Waals surface area contributed by atoms with Crippen LogP contribution in [-0.2, 0) is 0 Å². The topological polar surface area (TPSA) is 67.8 Å². The fraction of sp³-hybridized carbons (Fsp3) is 0.476. The van der Waals surface area contributed by atoms with Crippen LogP contribution in [0.3, 0.4) is 0 Å². The van der Waals surface area contributed by atoms with Crippen LogP contribution in [0.5, 0.6) is 0 Å². The molecular weight excluding hydrogens is 366 g/mol. The molecule has 2 fully saturated rings. The minimum absolute atomic E-state index is 0.0453. The Labute approximate surface area is 172 Å². The predicted octanol–water partition coefficient (Wildman–Crippen LogP) is 1.89. The molecule has 0 atom stereocenters. The van der Waals surface area contributed by atoms with E-state index in [0.717, 1.165) is 62.2 Å². The average Bonchev–Trinajstić information content (AvgIpc) is 2.74. The van der Waals surface area contributed by atoms with E-state index in [1.807, 2.05) is 36.1 Å². The van der Waals surface area contributed by atoms with Gasteiger partial charge in [0, 0.05) is 64.1 Å². The predicted molar refractivity (Wildman–Crippen MR) is 116 cm³/mol. The summed E-state index contributed by atoms with van der Waals surface area (Å²) < 4.78 is 0. The van der Waals surface area contributed by atoms with Crippen LogP contribution in [-0.4, -0.2) is 85.2 Å². The van der Waals surface area contributed by atoms with Gasteiger partial charge in [-0.15, -0.1) is 0 Å². The molecule has 2 aliphatic rings. The van der Waals surface area contributed by atoms with E-state index in [-0.39, 0.29) is 6.03 Å². The Morgan fingerprint density at radius 3 is 2.14 bits per heavy atom. The zero-order chi connectivity index (χ0) is 20.2. The van der Waals surface area contributed by atoms with Crippen LogP contribution in [0.4, 0.5) is 22.1 Å². The van der Waals surface area contributed by atoms with Gasteiger partial charge in [0.2, 0.25) is 0 Å². The zero-order valence-electron chi connectivity index (χ0n) is 17.2. The fourth-order valence-corrected chi connectivity index (χ4v) is 3.78. The van der Waals surface area contributed by atoms with E-state index in [1.54, 1.807) is 6.33 Å². The molecule has 1 aromatic carbocycles. The Morgan fingerprint density at radius 2 is 1.52 bits per heavy atom. The van der Waals surface area contributed by atoms with Gasteiger partial charge in [0.15, 0.2) is 0 Å². The molecule has 2 amide bonds. The molecule has 2 aromatic rings. The molecule has 1 N–H and O–H groups in total. The number of hydrogen-bond acceptors (Lipinski definition) is 6. The minimum atomic E-state index is -0.0453. The van der Waals surface area contributed by atoms with Crippen molar-refractivity contribution in [2.24, 2.45) is 0 Å². The third kappa shape index (κ3) is 4.76. The molecule has 0 unspecified atom stereocenters. The van der Waals surface area contributed by atoms with Gasteiger partial charge in [0.05, 0.1) is 0 Å². The van der Waals surface area contributed by atoms with E-state index in [0.29, 0.717) is 13.1 Å². The van der Waals surface area contributed by atoms with Crippen LogP contribution in [0.25, 0.3) is 0 Å². The maximum absolute atomic E-state index is 12.6. The Balaban J connectivity index is 1.33. The molecule has 2 aliphatic heterocycles. The van der Waals surface area contributed by atoms with Gasteiger partial charge >= 0.3 is 6.03 Å². The molecule has 2 saturated heterocycles. The van der Waals surface area contributed by atoms with Crippen molar-refractivity contribution in [1.82, 2.24) is 19.8 Å². The molecule has 0 radical (unpaired) electrons. The number of benzene rings is 1. The van der Waals surface area contributed by atoms with E-state index in [2.05, 4.69) is 43.1 Å². The monoisotopic (exact) mass is 395 g/mol. The SMILES string of the molecule is Cc1cccc(NC(=O)N2CCN(c3cc(N4CCN(C)CC4)ncn3)CC2)c1. The van der Waals surface area contributed by atoms with Crippen LogP contribution < -0.4 is 15.1 Å². The van der Waals surface area contributed by atoms with E-state index in [4.69, 9.17) is 0 Å². The quantitative estimate of drug-likeness (QED) is 0.856. The molecule has 8 nitrogen and oxygen atoms in total. The van der Waals surface area contributed by atoms with Crippen LogP contribution in [0, 0.1) is 6.92 Å². The number of aryl methyl sites for hydroxylation is 1. The number of nitrogens with zero attached hydrogens (tertiary/aromatic N) is 6. The van der Waals surface area contributed by atoms with Crippen LogP contribution in [0.1, 0.15) is 5.56 Å². The highest BCUT2D eigenvalue weighted by molar-refractivity contribution is 5.89. The first-order chi connectivity index (χ1) is 14.1. The Bertz CT molecular complexity index is 842. The molecule has 0 spiro atoms. The lowest BCUT2D eigenvalue weighted by atomic mass is 10.2. The maximum atomic E-state index is 12.6. The molecule has 0 aliphatic carbocycles. The smallest absolute Gasteiger partial charge is 0.321 e. The summed E-state index contributed by atoms with van der Waals surface area (Å²) in [6, 6.07) is 9.91. The lowest BCUT2D eigenvalue weighted by Crippen LogP contribution is -2.50. The summed E-state index contributed by atoms with van der Waals surface area (Å²) in [4.78, 5) is 30.3. The molecule has 8 heteroatoms. The Kier molecular flexibility index (Phi) is 5.80. The number of likely N-dealkylation sites (N-methyl/N-ethyl adjacent to an activating group) is 1. The first-order valence-electron chi connectivity index (χ1n) is 10.2. The molecule has 1 aromatic heterocycles. The van der Waals surface area contributed by atoms with Gasteiger partial charge in [-0.05, 0) is 31.7 Å². The van der Waals surface area contributed by atoms with Crippen molar-refractivity contribution in [2.45, 2.75) is 6.92 Å². The third-order valence-electron chi connectivity index (χ3n) is 5.63. The van der Waals surface area contributed by atoms with Crippen molar-refractivity contribution in [2.75, 3.05) is 74.5 Å². The molecule has 4 rings (SSSR count). The molecule has 3 heterocycles. The number of carbonyl (C=O) groups is 1. The van der Waals surface area contributed by atoms with Crippen LogP contribution >= 0.6 is 0 Å². The molecule has 29 heavy (non-hydrogen) atoms. The van der Waals surface area contributed by atoms with Crippen molar-refractivity contribution >= 4 is 23.4 Å². The van der Waals surface area contributed by atoms with Crippen molar-refractivity contribution in [3.05, 3.63) is 42.2 Å². The van der Waals surface area contributed by atoms with Crippen molar-refractivity contribution < 1.29 is 4.79 Å². The van der Waals surface area contributed by atoms with Crippen molar-refractivity contribution in [3.63, 3.8) is 0 Å². The van der Waals surface area contributed by atoms with Crippen LogP contribution in [0.15, 0.2) is 36.7 Å². The number of hydrogen-bond donors (Lipinski definition) is 1. The number of urea groups is 1. The summed E-state index contributed by atoms with van der Waals surface area (Å²) in [5, 5.41) is 2.99. The first kappa shape index (κ1) is 19.4. The number of anilines is 3. The minimum Gasteiger partial charge on any atom is -0.354 e. The largest absolute Gasteiger partial charge is 0.354 e.